The van der Waals surface area contributed by atoms with Crippen LogP contribution in [0, 0.1) is 24.1 Å². The number of nitrogens with zero attached hydrogens (tertiary/aromatic N) is 3. The number of rotatable bonds is 3. The Bertz CT molecular complexity index is 951. The topological polar surface area (TPSA) is 78.4 Å². The van der Waals surface area contributed by atoms with Gasteiger partial charge >= 0.3 is 0 Å². The van der Waals surface area contributed by atoms with Crippen molar-refractivity contribution in [3.05, 3.63) is 57.1 Å². The van der Waals surface area contributed by atoms with Crippen LogP contribution >= 0.6 is 0 Å². The van der Waals surface area contributed by atoms with Gasteiger partial charge in [-0.05, 0) is 37.5 Å². The highest BCUT2D eigenvalue weighted by molar-refractivity contribution is 5.87. The lowest BCUT2D eigenvalue weighted by molar-refractivity contribution is 0.303. The van der Waals surface area contributed by atoms with Gasteiger partial charge in [-0.3, -0.25) is 14.4 Å². The fourth-order valence-corrected chi connectivity index (χ4v) is 3.46. The Kier molecular flexibility index (Phi) is 5.17. The number of nitriles is 1. The zero-order chi connectivity index (χ0) is 18.7. The summed E-state index contributed by atoms with van der Waals surface area (Å²) in [4.78, 5) is 16.8. The summed E-state index contributed by atoms with van der Waals surface area (Å²) >= 11 is 0. The highest BCUT2D eigenvalue weighted by atomic mass is 19.1. The molecule has 0 radical (unpaired) electrons. The molecule has 0 atom stereocenters. The molecule has 0 unspecified atom stereocenters. The molecule has 1 fully saturated rings. The van der Waals surface area contributed by atoms with E-state index in [1.165, 1.54) is 22.9 Å². The summed E-state index contributed by atoms with van der Waals surface area (Å²) in [6.45, 7) is 1.59. The molecule has 1 aromatic carbocycles. The van der Waals surface area contributed by atoms with Crippen molar-refractivity contribution in [1.82, 2.24) is 4.57 Å². The summed E-state index contributed by atoms with van der Waals surface area (Å²) in [5.74, 6) is -0.694. The Morgan fingerprint density at radius 2 is 2.00 bits per heavy atom. The van der Waals surface area contributed by atoms with Gasteiger partial charge in [-0.25, -0.2) is 4.39 Å². The molecule has 0 aliphatic heterocycles. The SMILES string of the molecule is Cc1c(C=Nc2ccccc2F)c(O)n(C2CCCCC2)c(=O)c1C#N. The maximum absolute atomic E-state index is 13.8. The van der Waals surface area contributed by atoms with Crippen molar-refractivity contribution in [1.29, 1.82) is 5.26 Å². The summed E-state index contributed by atoms with van der Waals surface area (Å²) < 4.78 is 15.1. The number of aromatic nitrogens is 1. The van der Waals surface area contributed by atoms with Crippen LogP contribution in [0.3, 0.4) is 0 Å². The van der Waals surface area contributed by atoms with Crippen LogP contribution in [0.2, 0.25) is 0 Å². The summed E-state index contributed by atoms with van der Waals surface area (Å²) in [6, 6.07) is 7.84. The zero-order valence-electron chi connectivity index (χ0n) is 14.6. The normalized spacial score (nSPS) is 15.3. The molecule has 1 heterocycles. The van der Waals surface area contributed by atoms with Crippen LogP contribution in [-0.4, -0.2) is 15.9 Å². The van der Waals surface area contributed by atoms with Crippen molar-refractivity contribution in [3.63, 3.8) is 0 Å². The predicted octanol–water partition coefficient (Wildman–Crippen LogP) is 4.13. The summed E-state index contributed by atoms with van der Waals surface area (Å²) in [5, 5.41) is 20.2. The van der Waals surface area contributed by atoms with Gasteiger partial charge in [0.25, 0.3) is 5.56 Å². The van der Waals surface area contributed by atoms with E-state index >= 15 is 0 Å². The average molecular weight is 353 g/mol. The van der Waals surface area contributed by atoms with Crippen LogP contribution in [0.4, 0.5) is 10.1 Å². The van der Waals surface area contributed by atoms with E-state index in [9.17, 15) is 19.6 Å². The molecule has 5 nitrogen and oxygen atoms in total. The number of benzene rings is 1. The van der Waals surface area contributed by atoms with Gasteiger partial charge in [-0.2, -0.15) is 5.26 Å². The third-order valence-corrected chi connectivity index (χ3v) is 4.92. The standard InChI is InChI=1S/C20H20FN3O2/c1-13-15(11-22)19(25)24(14-7-3-2-4-8-14)20(26)16(13)12-23-18-10-6-5-9-17(18)21/h5-6,9-10,12,14,26H,2-4,7-8H2,1H3. The molecule has 1 saturated carbocycles. The van der Waals surface area contributed by atoms with Crippen LogP contribution in [0.5, 0.6) is 5.88 Å². The molecule has 1 N–H and O–H groups in total. The Balaban J connectivity index is 2.14. The van der Waals surface area contributed by atoms with E-state index in [0.29, 0.717) is 5.56 Å². The van der Waals surface area contributed by atoms with E-state index in [4.69, 9.17) is 0 Å². The Morgan fingerprint density at radius 3 is 2.65 bits per heavy atom. The number of halogens is 1. The monoisotopic (exact) mass is 353 g/mol. The average Bonchev–Trinajstić information content (AvgIpc) is 2.64. The van der Waals surface area contributed by atoms with Crippen molar-refractivity contribution < 1.29 is 9.50 Å². The lowest BCUT2D eigenvalue weighted by Crippen LogP contribution is -2.30. The molecule has 6 heteroatoms. The van der Waals surface area contributed by atoms with Gasteiger partial charge in [-0.1, -0.05) is 31.4 Å². The fraction of sp³-hybridized carbons (Fsp3) is 0.350. The van der Waals surface area contributed by atoms with E-state index in [2.05, 4.69) is 4.99 Å². The quantitative estimate of drug-likeness (QED) is 0.843. The number of hydrogen-bond donors (Lipinski definition) is 1. The van der Waals surface area contributed by atoms with Crippen LogP contribution in [0.25, 0.3) is 0 Å². The Hall–Kier alpha value is -2.94. The first kappa shape index (κ1) is 17.9. The molecule has 0 saturated heterocycles. The molecule has 0 bridgehead atoms. The van der Waals surface area contributed by atoms with Gasteiger partial charge < -0.3 is 5.11 Å². The third-order valence-electron chi connectivity index (χ3n) is 4.92. The number of hydrogen-bond acceptors (Lipinski definition) is 4. The largest absolute Gasteiger partial charge is 0.494 e. The molecule has 134 valence electrons. The first-order valence-corrected chi connectivity index (χ1v) is 8.71. The van der Waals surface area contributed by atoms with Gasteiger partial charge in [0.05, 0.1) is 11.3 Å². The minimum atomic E-state index is -0.484. The number of para-hydroxylation sites is 1. The molecular weight excluding hydrogens is 333 g/mol. The molecule has 26 heavy (non-hydrogen) atoms. The summed E-state index contributed by atoms with van der Waals surface area (Å²) in [5.41, 5.74) is 0.262. The Morgan fingerprint density at radius 1 is 1.31 bits per heavy atom. The van der Waals surface area contributed by atoms with E-state index in [0.717, 1.165) is 32.1 Å². The van der Waals surface area contributed by atoms with Crippen LogP contribution in [0.15, 0.2) is 34.1 Å². The number of aromatic hydroxyl groups is 1. The first-order valence-electron chi connectivity index (χ1n) is 8.71. The summed E-state index contributed by atoms with van der Waals surface area (Å²) in [6.07, 6.45) is 5.94. The lowest BCUT2D eigenvalue weighted by atomic mass is 9.94. The second kappa shape index (κ2) is 7.52. The fourth-order valence-electron chi connectivity index (χ4n) is 3.46. The first-order chi connectivity index (χ1) is 12.5. The van der Waals surface area contributed by atoms with Crippen molar-refractivity contribution in [2.75, 3.05) is 0 Å². The van der Waals surface area contributed by atoms with Gasteiger partial charge in [0.1, 0.15) is 17.4 Å². The van der Waals surface area contributed by atoms with Crippen LogP contribution in [-0.2, 0) is 0 Å². The van der Waals surface area contributed by atoms with Crippen molar-refractivity contribution in [2.24, 2.45) is 4.99 Å². The van der Waals surface area contributed by atoms with Gasteiger partial charge in [-0.15, -0.1) is 0 Å². The molecule has 2 aromatic rings. The smallest absolute Gasteiger partial charge is 0.271 e. The second-order valence-electron chi connectivity index (χ2n) is 6.53. The maximum atomic E-state index is 13.8. The van der Waals surface area contributed by atoms with Gasteiger partial charge in [0, 0.05) is 12.3 Å². The third kappa shape index (κ3) is 3.25. The van der Waals surface area contributed by atoms with E-state index in [1.807, 2.05) is 6.07 Å². The van der Waals surface area contributed by atoms with Crippen LogP contribution < -0.4 is 5.56 Å². The molecule has 1 aromatic heterocycles. The second-order valence-corrected chi connectivity index (χ2v) is 6.53. The maximum Gasteiger partial charge on any atom is 0.271 e. The highest BCUT2D eigenvalue weighted by Gasteiger charge is 2.24. The molecule has 3 rings (SSSR count). The van der Waals surface area contributed by atoms with Crippen molar-refractivity contribution in [2.45, 2.75) is 45.1 Å². The summed E-state index contributed by atoms with van der Waals surface area (Å²) in [7, 11) is 0. The van der Waals surface area contributed by atoms with Crippen molar-refractivity contribution in [3.8, 4) is 11.9 Å². The highest BCUT2D eigenvalue weighted by Crippen LogP contribution is 2.32. The molecule has 1 aliphatic carbocycles. The molecule has 1 aliphatic rings. The van der Waals surface area contributed by atoms with Gasteiger partial charge in [0.15, 0.2) is 0 Å². The van der Waals surface area contributed by atoms with E-state index in [1.54, 1.807) is 19.1 Å². The Labute approximate surface area is 151 Å². The molecule has 0 amide bonds. The van der Waals surface area contributed by atoms with Crippen molar-refractivity contribution >= 4 is 11.9 Å². The molecule has 0 spiro atoms. The van der Waals surface area contributed by atoms with E-state index in [-0.39, 0.29) is 28.7 Å². The number of pyridine rings is 1. The minimum Gasteiger partial charge on any atom is -0.494 e. The van der Waals surface area contributed by atoms with Crippen LogP contribution in [0.1, 0.15) is 54.8 Å². The predicted molar refractivity (Wildman–Crippen MR) is 97.6 cm³/mol. The number of aliphatic imine (C=N–C) groups is 1. The lowest BCUT2D eigenvalue weighted by Gasteiger charge is -2.26. The zero-order valence-corrected chi connectivity index (χ0v) is 14.6. The van der Waals surface area contributed by atoms with Gasteiger partial charge in [0.2, 0.25) is 5.88 Å². The minimum absolute atomic E-state index is 0.0108. The molecular formula is C20H20FN3O2. The van der Waals surface area contributed by atoms with E-state index < -0.39 is 11.4 Å².